The average molecular weight is 237 g/mol. The third-order valence-electron chi connectivity index (χ3n) is 2.75. The van der Waals surface area contributed by atoms with Gasteiger partial charge in [-0.15, -0.1) is 0 Å². The fourth-order valence-electron chi connectivity index (χ4n) is 1.90. The van der Waals surface area contributed by atoms with Gasteiger partial charge in [0.05, 0.1) is 20.3 Å². The van der Waals surface area contributed by atoms with Crippen LogP contribution in [0.5, 0.6) is 0 Å². The summed E-state index contributed by atoms with van der Waals surface area (Å²) in [5.74, 6) is -0.384. The molecule has 2 unspecified atom stereocenters. The van der Waals surface area contributed by atoms with Gasteiger partial charge in [-0.05, 0) is 5.56 Å². The van der Waals surface area contributed by atoms with Gasteiger partial charge < -0.3 is 4.74 Å². The van der Waals surface area contributed by atoms with E-state index in [1.165, 1.54) is 19.4 Å². The maximum absolute atomic E-state index is 11.4. The van der Waals surface area contributed by atoms with E-state index in [2.05, 4.69) is 4.74 Å². The predicted molar refractivity (Wildman–Crippen MR) is 59.5 cm³/mol. The van der Waals surface area contributed by atoms with Gasteiger partial charge in [0.15, 0.2) is 6.10 Å². The van der Waals surface area contributed by atoms with Crippen LogP contribution in [-0.2, 0) is 19.2 Å². The van der Waals surface area contributed by atoms with Crippen molar-refractivity contribution in [1.29, 1.82) is 0 Å². The molecule has 1 aliphatic heterocycles. The molecule has 1 aromatic rings. The summed E-state index contributed by atoms with van der Waals surface area (Å²) in [5, 5.41) is 1.34. The summed E-state index contributed by atoms with van der Waals surface area (Å²) in [6, 6.07) is 9.67. The topological polar surface area (TPSA) is 48.0 Å². The Labute approximate surface area is 99.8 Å². The first kappa shape index (κ1) is 12.0. The fraction of sp³-hybridized carbons (Fsp3) is 0.417. The van der Waals surface area contributed by atoms with Crippen LogP contribution in [0.3, 0.4) is 0 Å². The van der Waals surface area contributed by atoms with Crippen molar-refractivity contribution in [2.24, 2.45) is 0 Å². The van der Waals surface area contributed by atoms with Gasteiger partial charge in [0, 0.05) is 6.42 Å². The monoisotopic (exact) mass is 237 g/mol. The molecule has 2 atom stereocenters. The number of hydrogen-bond donors (Lipinski definition) is 0. The number of ether oxygens (including phenoxy) is 1. The molecule has 5 heteroatoms. The molecular formula is C12H15NO4. The number of hydroxylamine groups is 2. The second kappa shape index (κ2) is 5.27. The zero-order valence-electron chi connectivity index (χ0n) is 9.83. The molecule has 0 aromatic heterocycles. The number of esters is 1. The Bertz CT molecular complexity index is 381. The van der Waals surface area contributed by atoms with E-state index in [-0.39, 0.29) is 12.0 Å². The maximum Gasteiger partial charge on any atom is 0.337 e. The van der Waals surface area contributed by atoms with Crippen LogP contribution in [0.1, 0.15) is 18.0 Å². The van der Waals surface area contributed by atoms with E-state index >= 15 is 0 Å². The quantitative estimate of drug-likeness (QED) is 0.745. The van der Waals surface area contributed by atoms with Crippen molar-refractivity contribution in [3.8, 4) is 0 Å². The molecule has 0 radical (unpaired) electrons. The number of benzene rings is 1. The van der Waals surface area contributed by atoms with Crippen molar-refractivity contribution >= 4 is 5.97 Å². The Morgan fingerprint density at radius 3 is 2.65 bits per heavy atom. The molecule has 0 amide bonds. The second-order valence-corrected chi connectivity index (χ2v) is 3.75. The van der Waals surface area contributed by atoms with Gasteiger partial charge in [0.1, 0.15) is 0 Å². The Balaban J connectivity index is 2.15. The Kier molecular flexibility index (Phi) is 3.73. The average Bonchev–Trinajstić information content (AvgIpc) is 2.83. The summed E-state index contributed by atoms with van der Waals surface area (Å²) in [7, 11) is 2.86. The molecule has 1 aliphatic rings. The van der Waals surface area contributed by atoms with Gasteiger partial charge in [-0.25, -0.2) is 4.79 Å². The second-order valence-electron chi connectivity index (χ2n) is 3.75. The highest BCUT2D eigenvalue weighted by Gasteiger charge is 2.39. The predicted octanol–water partition coefficient (Wildman–Crippen LogP) is 1.47. The lowest BCUT2D eigenvalue weighted by Crippen LogP contribution is -2.25. The first-order chi connectivity index (χ1) is 8.26. The first-order valence-electron chi connectivity index (χ1n) is 5.39. The summed E-state index contributed by atoms with van der Waals surface area (Å²) in [6.07, 6.45) is -0.0880. The summed E-state index contributed by atoms with van der Waals surface area (Å²) < 4.78 is 4.67. The van der Waals surface area contributed by atoms with Crippen LogP contribution in [0.2, 0.25) is 0 Å². The molecule has 0 bridgehead atoms. The molecule has 1 aromatic carbocycles. The lowest BCUT2D eigenvalue weighted by molar-refractivity contribution is -0.356. The lowest BCUT2D eigenvalue weighted by Gasteiger charge is -2.19. The maximum atomic E-state index is 11.4. The highest BCUT2D eigenvalue weighted by Crippen LogP contribution is 2.34. The van der Waals surface area contributed by atoms with Gasteiger partial charge in [-0.2, -0.15) is 0 Å². The molecule has 0 N–H and O–H groups in total. The third-order valence-corrected chi connectivity index (χ3v) is 2.75. The number of carbonyl (C=O) groups is 1. The van der Waals surface area contributed by atoms with E-state index in [0.717, 1.165) is 5.56 Å². The summed E-state index contributed by atoms with van der Waals surface area (Å²) >= 11 is 0. The lowest BCUT2D eigenvalue weighted by atomic mass is 10.0. The molecule has 92 valence electrons. The largest absolute Gasteiger partial charge is 0.467 e. The van der Waals surface area contributed by atoms with Crippen LogP contribution in [0.4, 0.5) is 0 Å². The third kappa shape index (κ3) is 2.46. The van der Waals surface area contributed by atoms with Crippen molar-refractivity contribution in [2.45, 2.75) is 18.6 Å². The number of nitrogens with zero attached hydrogens (tertiary/aromatic N) is 1. The first-order valence-corrected chi connectivity index (χ1v) is 5.39. The van der Waals surface area contributed by atoms with Crippen molar-refractivity contribution in [2.75, 3.05) is 14.2 Å². The highest BCUT2D eigenvalue weighted by molar-refractivity contribution is 5.74. The zero-order valence-corrected chi connectivity index (χ0v) is 9.83. The number of methoxy groups -OCH3 is 1. The molecular weight excluding hydrogens is 222 g/mol. The molecule has 1 saturated heterocycles. The Hall–Kier alpha value is -1.43. The number of rotatable bonds is 3. The minimum absolute atomic E-state index is 0.0923. The van der Waals surface area contributed by atoms with Crippen LogP contribution in [-0.4, -0.2) is 31.5 Å². The van der Waals surface area contributed by atoms with E-state index in [1.54, 1.807) is 0 Å². The summed E-state index contributed by atoms with van der Waals surface area (Å²) in [6.45, 7) is 0. The van der Waals surface area contributed by atoms with Gasteiger partial charge in [0.2, 0.25) is 0 Å². The molecule has 1 fully saturated rings. The normalized spacial score (nSPS) is 24.8. The summed E-state index contributed by atoms with van der Waals surface area (Å²) in [5.41, 5.74) is 1.04. The molecule has 17 heavy (non-hydrogen) atoms. The van der Waals surface area contributed by atoms with Crippen LogP contribution in [0.25, 0.3) is 0 Å². The van der Waals surface area contributed by atoms with Crippen LogP contribution in [0.15, 0.2) is 30.3 Å². The Morgan fingerprint density at radius 1 is 1.35 bits per heavy atom. The van der Waals surface area contributed by atoms with Gasteiger partial charge in [-0.1, -0.05) is 35.6 Å². The van der Waals surface area contributed by atoms with Crippen molar-refractivity contribution in [3.63, 3.8) is 0 Å². The molecule has 0 aliphatic carbocycles. The molecule has 1 heterocycles. The van der Waals surface area contributed by atoms with E-state index < -0.39 is 6.10 Å². The van der Waals surface area contributed by atoms with Crippen molar-refractivity contribution < 1.29 is 19.2 Å². The molecule has 2 rings (SSSR count). The zero-order chi connectivity index (χ0) is 12.3. The van der Waals surface area contributed by atoms with Crippen LogP contribution >= 0.6 is 0 Å². The van der Waals surface area contributed by atoms with E-state index in [9.17, 15) is 4.79 Å². The number of carbonyl (C=O) groups excluding carboxylic acids is 1. The smallest absolute Gasteiger partial charge is 0.337 e. The molecule has 5 nitrogen and oxygen atoms in total. The van der Waals surface area contributed by atoms with Gasteiger partial charge in [-0.3, -0.25) is 9.68 Å². The standard InChI is InChI=1S/C12H15NO4/c1-15-12(14)11-8-10(13(16-2)17-11)9-6-4-3-5-7-9/h3-7,10-11H,8H2,1-2H3. The molecule has 0 spiro atoms. The van der Waals surface area contributed by atoms with E-state index in [1.807, 2.05) is 30.3 Å². The van der Waals surface area contributed by atoms with Crippen molar-refractivity contribution in [3.05, 3.63) is 35.9 Å². The van der Waals surface area contributed by atoms with Crippen LogP contribution < -0.4 is 0 Å². The van der Waals surface area contributed by atoms with E-state index in [4.69, 9.17) is 9.68 Å². The summed E-state index contributed by atoms with van der Waals surface area (Å²) in [4.78, 5) is 21.9. The SMILES string of the molecule is COC(=O)C1CC(c2ccccc2)N(OC)O1. The minimum atomic E-state index is -0.606. The Morgan fingerprint density at radius 2 is 2.06 bits per heavy atom. The van der Waals surface area contributed by atoms with E-state index in [0.29, 0.717) is 6.42 Å². The van der Waals surface area contributed by atoms with Crippen molar-refractivity contribution in [1.82, 2.24) is 5.23 Å². The van der Waals surface area contributed by atoms with Crippen LogP contribution in [0, 0.1) is 0 Å². The molecule has 0 saturated carbocycles. The highest BCUT2D eigenvalue weighted by atomic mass is 17.0. The van der Waals surface area contributed by atoms with Gasteiger partial charge in [0.25, 0.3) is 0 Å². The number of hydrogen-bond acceptors (Lipinski definition) is 5. The fourth-order valence-corrected chi connectivity index (χ4v) is 1.90. The van der Waals surface area contributed by atoms with Gasteiger partial charge >= 0.3 is 5.97 Å². The minimum Gasteiger partial charge on any atom is -0.467 e.